The Morgan fingerprint density at radius 3 is 2.33 bits per heavy atom. The number of carbonyl (C=O) groups is 2. The molecule has 18 heteroatoms. The summed E-state index contributed by atoms with van der Waals surface area (Å²) in [5.74, 6) is 13.2. The van der Waals surface area contributed by atoms with E-state index in [4.69, 9.17) is 49.2 Å². The molecule has 1 amide bonds. The molecule has 0 unspecified atom stereocenters. The van der Waals surface area contributed by atoms with Crippen molar-refractivity contribution in [1.82, 2.24) is 20.7 Å². The van der Waals surface area contributed by atoms with Crippen molar-refractivity contribution < 1.29 is 27.3 Å². The average molecular weight is 866 g/mol. The predicted octanol–water partition coefficient (Wildman–Crippen LogP) is 6.47. The fraction of sp³-hybridized carbons (Fsp3) is 0.175. The third kappa shape index (κ3) is 14.9. The summed E-state index contributed by atoms with van der Waals surface area (Å²) in [6.07, 6.45) is 7.49. The number of ether oxygens (including phenoxy) is 1. The lowest BCUT2D eigenvalue weighted by Gasteiger charge is -2.11. The van der Waals surface area contributed by atoms with Crippen LogP contribution >= 0.6 is 35.0 Å². The highest BCUT2D eigenvalue weighted by atomic mass is 35.5. The van der Waals surface area contributed by atoms with Crippen LogP contribution in [0.2, 0.25) is 10.0 Å². The summed E-state index contributed by atoms with van der Waals surface area (Å²) in [7, 11) is -4.28. The molecule has 0 aliphatic heterocycles. The van der Waals surface area contributed by atoms with Crippen molar-refractivity contribution in [1.29, 1.82) is 0 Å². The number of thioether (sulfide) groups is 1. The number of nitrogen functional groups attached to an aromatic ring is 1. The van der Waals surface area contributed by atoms with Gasteiger partial charge in [-0.3, -0.25) is 19.1 Å². The van der Waals surface area contributed by atoms with Gasteiger partial charge in [-0.2, -0.15) is 8.42 Å². The molecular formula is C40H42Cl2N8O6S2. The number of nitrogens with zero attached hydrogens (tertiary/aromatic N) is 3. The zero-order valence-corrected chi connectivity index (χ0v) is 34.2. The second-order valence-corrected chi connectivity index (χ2v) is 15.3. The number of pyridine rings is 2. The number of benzene rings is 3. The number of halogens is 2. The van der Waals surface area contributed by atoms with E-state index in [1.54, 1.807) is 30.0 Å². The summed E-state index contributed by atoms with van der Waals surface area (Å²) in [6, 6.07) is 28.3. The maximum Gasteiger partial charge on any atom is 0.295 e. The fourth-order valence-corrected chi connectivity index (χ4v) is 7.32. The Kier molecular flexibility index (Phi) is 18.6. The molecule has 5 rings (SSSR count). The van der Waals surface area contributed by atoms with Crippen molar-refractivity contribution in [3.8, 4) is 5.75 Å². The fourth-order valence-electron chi connectivity index (χ4n) is 5.00. The molecule has 0 saturated carbocycles. The molecule has 0 radical (unpaired) electrons. The quantitative estimate of drug-likeness (QED) is 0.00814. The minimum absolute atomic E-state index is 0.0417. The molecule has 14 nitrogen and oxygen atoms in total. The Morgan fingerprint density at radius 2 is 1.67 bits per heavy atom. The first kappa shape index (κ1) is 45.4. The maximum absolute atomic E-state index is 12.3. The number of amidine groups is 1. The largest absolute Gasteiger partial charge is 0.491 e. The van der Waals surface area contributed by atoms with E-state index in [0.29, 0.717) is 77.5 Å². The van der Waals surface area contributed by atoms with Gasteiger partial charge in [0, 0.05) is 47.6 Å². The summed E-state index contributed by atoms with van der Waals surface area (Å²) in [6.45, 7) is 1.37. The highest BCUT2D eigenvalue weighted by Gasteiger charge is 2.13. The maximum atomic E-state index is 12.3. The molecule has 8 N–H and O–H groups in total. The molecule has 0 saturated heterocycles. The SMILES string of the molecule is NNC(/C=C/c1nc(CCSc2c(Cl)cccc2Cl)ccc1OCCc1ccccc1)=NCCCNC(=O)c1ccc(NN)nc1.O=Cc1ccccc1S(=O)(=O)O. The van der Waals surface area contributed by atoms with Gasteiger partial charge in [0.2, 0.25) is 0 Å². The topological polar surface area (TPSA) is 224 Å². The lowest BCUT2D eigenvalue weighted by atomic mass is 10.2. The van der Waals surface area contributed by atoms with Crippen LogP contribution in [0.15, 0.2) is 124 Å². The minimum Gasteiger partial charge on any atom is -0.491 e. The number of nitrogens with two attached hydrogens (primary N) is 2. The van der Waals surface area contributed by atoms with Crippen molar-refractivity contribution in [2.75, 3.05) is 30.9 Å². The summed E-state index contributed by atoms with van der Waals surface area (Å²) < 4.78 is 36.0. The molecule has 58 heavy (non-hydrogen) atoms. The molecule has 2 aromatic heterocycles. The number of hydrogen-bond donors (Lipinski definition) is 6. The van der Waals surface area contributed by atoms with E-state index in [2.05, 4.69) is 38.3 Å². The molecule has 0 aliphatic rings. The minimum atomic E-state index is -4.28. The lowest BCUT2D eigenvalue weighted by molar-refractivity contribution is 0.0952. The van der Waals surface area contributed by atoms with Gasteiger partial charge in [0.1, 0.15) is 28.0 Å². The standard InChI is InChI=1S/C33H36Cl2N8O2S.C7H6O4S/c34-26-8-4-9-27(35)32(26)46-21-17-25-11-13-29(45-20-16-23-6-2-1-3-7-23)28(41-25)12-15-30(42-36)38-18-5-19-39-33(44)24-10-14-31(43-37)40-22-24;8-5-6-3-1-2-4-7(6)12(9,10)11/h1-4,6-15,22H,5,16-21,36-37H2,(H,38,42)(H,39,44)(H,40,43);1-5H,(H,9,10,11)/b15-12+;. The molecule has 3 aromatic carbocycles. The van der Waals surface area contributed by atoms with Gasteiger partial charge >= 0.3 is 0 Å². The van der Waals surface area contributed by atoms with Crippen molar-refractivity contribution in [2.45, 2.75) is 29.1 Å². The van der Waals surface area contributed by atoms with Crippen LogP contribution in [0, 0.1) is 0 Å². The molecule has 304 valence electrons. The Hall–Kier alpha value is -5.33. The number of hydrazine groups is 2. The summed E-state index contributed by atoms with van der Waals surface area (Å²) in [4.78, 5) is 36.6. The number of rotatable bonds is 18. The van der Waals surface area contributed by atoms with Crippen molar-refractivity contribution >= 4 is 75.0 Å². The van der Waals surface area contributed by atoms with Crippen molar-refractivity contribution in [3.63, 3.8) is 0 Å². The third-order valence-corrected chi connectivity index (χ3v) is 10.8. The number of carbonyl (C=O) groups excluding carboxylic acids is 2. The highest BCUT2D eigenvalue weighted by Crippen LogP contribution is 2.34. The van der Waals surface area contributed by atoms with E-state index in [1.807, 2.05) is 54.6 Å². The van der Waals surface area contributed by atoms with Crippen LogP contribution in [-0.4, -0.2) is 66.4 Å². The first-order chi connectivity index (χ1) is 28.0. The number of aryl methyl sites for hydroxylation is 1. The van der Waals surface area contributed by atoms with Gasteiger partial charge in [0.15, 0.2) is 6.29 Å². The normalized spacial score (nSPS) is 11.4. The van der Waals surface area contributed by atoms with Crippen LogP contribution < -0.4 is 32.6 Å². The summed E-state index contributed by atoms with van der Waals surface area (Å²) >= 11 is 14.3. The molecule has 0 aliphatic carbocycles. The third-order valence-electron chi connectivity index (χ3n) is 7.91. The van der Waals surface area contributed by atoms with E-state index in [0.717, 1.165) is 22.8 Å². The molecule has 0 fully saturated rings. The number of amides is 1. The van der Waals surface area contributed by atoms with Crippen LogP contribution in [0.5, 0.6) is 5.75 Å². The monoisotopic (exact) mass is 864 g/mol. The van der Waals surface area contributed by atoms with E-state index in [9.17, 15) is 18.0 Å². The Morgan fingerprint density at radius 1 is 0.931 bits per heavy atom. The van der Waals surface area contributed by atoms with Crippen LogP contribution in [0.1, 0.15) is 44.1 Å². The van der Waals surface area contributed by atoms with E-state index >= 15 is 0 Å². The van der Waals surface area contributed by atoms with Crippen molar-refractivity contribution in [2.24, 2.45) is 16.7 Å². The Labute approximate surface area is 351 Å². The number of aromatic nitrogens is 2. The number of aliphatic imine (C=N–C) groups is 1. The van der Waals surface area contributed by atoms with Gasteiger partial charge in [-0.25, -0.2) is 21.7 Å². The second kappa shape index (κ2) is 23.8. The Balaban J connectivity index is 0.000000530. The first-order valence-corrected chi connectivity index (χ1v) is 20.9. The first-order valence-electron chi connectivity index (χ1n) is 17.7. The predicted molar refractivity (Wildman–Crippen MR) is 230 cm³/mol. The molecule has 0 spiro atoms. The van der Waals surface area contributed by atoms with Gasteiger partial charge in [-0.15, -0.1) is 11.8 Å². The lowest BCUT2D eigenvalue weighted by Crippen LogP contribution is -2.29. The number of aldehydes is 1. The van der Waals surface area contributed by atoms with Gasteiger partial charge in [-0.1, -0.05) is 77.8 Å². The van der Waals surface area contributed by atoms with Gasteiger partial charge in [0.05, 0.1) is 22.2 Å². The Bertz CT molecular complexity index is 2260. The zero-order valence-electron chi connectivity index (χ0n) is 31.1. The summed E-state index contributed by atoms with van der Waals surface area (Å²) in [5.41, 5.74) is 8.20. The number of nitrogens with one attached hydrogen (secondary N) is 3. The van der Waals surface area contributed by atoms with E-state index in [-0.39, 0.29) is 16.4 Å². The van der Waals surface area contributed by atoms with Crippen LogP contribution in [0.3, 0.4) is 0 Å². The van der Waals surface area contributed by atoms with E-state index in [1.165, 1.54) is 36.0 Å². The zero-order chi connectivity index (χ0) is 41.8. The van der Waals surface area contributed by atoms with Crippen LogP contribution in [0.25, 0.3) is 6.08 Å². The number of anilines is 1. The van der Waals surface area contributed by atoms with Gasteiger partial charge in [0.25, 0.3) is 16.0 Å². The second-order valence-electron chi connectivity index (χ2n) is 12.0. The molecule has 5 aromatic rings. The van der Waals surface area contributed by atoms with Crippen LogP contribution in [0.4, 0.5) is 5.82 Å². The smallest absolute Gasteiger partial charge is 0.295 e. The molecule has 2 heterocycles. The molecular weight excluding hydrogens is 824 g/mol. The van der Waals surface area contributed by atoms with Gasteiger partial charge < -0.3 is 20.9 Å². The van der Waals surface area contributed by atoms with E-state index < -0.39 is 10.1 Å². The average Bonchev–Trinajstić information content (AvgIpc) is 3.23. The van der Waals surface area contributed by atoms with Crippen LogP contribution in [-0.2, 0) is 23.0 Å². The summed E-state index contributed by atoms with van der Waals surface area (Å²) in [5, 5.41) is 4.12. The van der Waals surface area contributed by atoms with Crippen molar-refractivity contribution in [3.05, 3.63) is 147 Å². The molecule has 0 bridgehead atoms. The number of hydrogen-bond acceptors (Lipinski definition) is 12. The highest BCUT2D eigenvalue weighted by molar-refractivity contribution is 7.99. The van der Waals surface area contributed by atoms with Gasteiger partial charge in [-0.05, 0) is 73.0 Å². The molecule has 0 atom stereocenters.